The molecule has 0 aliphatic carbocycles. The summed E-state index contributed by atoms with van der Waals surface area (Å²) in [6.07, 6.45) is 1.60. The van der Waals surface area contributed by atoms with Gasteiger partial charge >= 0.3 is 0 Å². The van der Waals surface area contributed by atoms with Crippen LogP contribution in [0, 0.1) is 5.41 Å². The fourth-order valence-corrected chi connectivity index (χ4v) is 3.10. The predicted molar refractivity (Wildman–Crippen MR) is 126 cm³/mol. The van der Waals surface area contributed by atoms with Gasteiger partial charge in [0.15, 0.2) is 0 Å². The molecule has 2 amide bonds. The molecule has 0 saturated carbocycles. The number of amides is 2. The van der Waals surface area contributed by atoms with E-state index in [-0.39, 0.29) is 29.6 Å². The van der Waals surface area contributed by atoms with Gasteiger partial charge in [-0.1, -0.05) is 63.2 Å². The molecule has 0 fully saturated rings. The third-order valence-electron chi connectivity index (χ3n) is 4.55. The monoisotopic (exact) mass is 431 g/mol. The summed E-state index contributed by atoms with van der Waals surface area (Å²) in [6.45, 7) is 7.75. The van der Waals surface area contributed by atoms with Gasteiger partial charge in [-0.15, -0.1) is 12.4 Å². The fraction of sp³-hybridized carbons (Fsp3) is 0.417. The minimum Gasteiger partial charge on any atom is -0.341 e. The van der Waals surface area contributed by atoms with Crippen molar-refractivity contribution in [2.24, 2.45) is 11.1 Å². The number of nitrogens with zero attached hydrogens (tertiary/aromatic N) is 1. The summed E-state index contributed by atoms with van der Waals surface area (Å²) in [5.74, 6) is 0.0623. The molecule has 2 aromatic rings. The van der Waals surface area contributed by atoms with Crippen LogP contribution in [0.25, 0.3) is 0 Å². The van der Waals surface area contributed by atoms with Crippen LogP contribution >= 0.6 is 12.4 Å². The van der Waals surface area contributed by atoms with Gasteiger partial charge in [0, 0.05) is 31.7 Å². The van der Waals surface area contributed by atoms with Crippen LogP contribution in [0.3, 0.4) is 0 Å². The van der Waals surface area contributed by atoms with Crippen molar-refractivity contribution in [1.29, 1.82) is 0 Å². The lowest BCUT2D eigenvalue weighted by Gasteiger charge is -2.22. The fourth-order valence-electron chi connectivity index (χ4n) is 3.10. The Balaban J connectivity index is 0.00000450. The topological polar surface area (TPSA) is 75.4 Å². The standard InChI is InChI=1S/C24H33N3O2.ClH/c1-24(2,3)18-22(28)26-21-11-9-20(10-12-21)17-23(29)27(16-14-25)15-13-19-7-5-4-6-8-19;/h4-12H,13-18,25H2,1-3H3,(H,26,28);1H. The number of anilines is 1. The zero-order valence-electron chi connectivity index (χ0n) is 18.2. The second-order valence-electron chi connectivity index (χ2n) is 8.56. The van der Waals surface area contributed by atoms with E-state index in [2.05, 4.69) is 17.4 Å². The first kappa shape index (κ1) is 25.7. The summed E-state index contributed by atoms with van der Waals surface area (Å²) in [7, 11) is 0. The Kier molecular flexibility index (Phi) is 10.6. The van der Waals surface area contributed by atoms with Gasteiger partial charge < -0.3 is 16.0 Å². The first-order valence-corrected chi connectivity index (χ1v) is 10.2. The van der Waals surface area contributed by atoms with Crippen molar-refractivity contribution in [3.8, 4) is 0 Å². The largest absolute Gasteiger partial charge is 0.341 e. The van der Waals surface area contributed by atoms with Gasteiger partial charge in [-0.2, -0.15) is 0 Å². The normalized spacial score (nSPS) is 10.8. The highest BCUT2D eigenvalue weighted by molar-refractivity contribution is 5.91. The van der Waals surface area contributed by atoms with Crippen LogP contribution in [0.15, 0.2) is 54.6 Å². The van der Waals surface area contributed by atoms with Gasteiger partial charge in [0.2, 0.25) is 11.8 Å². The number of nitrogens with one attached hydrogen (secondary N) is 1. The number of rotatable bonds is 9. The maximum absolute atomic E-state index is 12.7. The third kappa shape index (κ3) is 9.42. The minimum absolute atomic E-state index is 0. The third-order valence-corrected chi connectivity index (χ3v) is 4.55. The van der Waals surface area contributed by atoms with Gasteiger partial charge in [-0.25, -0.2) is 0 Å². The SMILES string of the molecule is CC(C)(C)CC(=O)Nc1ccc(CC(=O)N(CCN)CCc2ccccc2)cc1.Cl. The van der Waals surface area contributed by atoms with E-state index in [0.29, 0.717) is 32.5 Å². The van der Waals surface area contributed by atoms with Gasteiger partial charge in [0.25, 0.3) is 0 Å². The summed E-state index contributed by atoms with van der Waals surface area (Å²) < 4.78 is 0. The van der Waals surface area contributed by atoms with Crippen molar-refractivity contribution >= 4 is 29.9 Å². The number of hydrogen-bond acceptors (Lipinski definition) is 3. The van der Waals surface area contributed by atoms with Crippen molar-refractivity contribution in [2.45, 2.75) is 40.0 Å². The smallest absolute Gasteiger partial charge is 0.227 e. The maximum Gasteiger partial charge on any atom is 0.227 e. The molecule has 0 atom stereocenters. The molecule has 3 N–H and O–H groups in total. The highest BCUT2D eigenvalue weighted by Gasteiger charge is 2.16. The summed E-state index contributed by atoms with van der Waals surface area (Å²) >= 11 is 0. The van der Waals surface area contributed by atoms with Crippen LogP contribution in [0.5, 0.6) is 0 Å². The molecule has 2 aromatic carbocycles. The van der Waals surface area contributed by atoms with E-state index >= 15 is 0 Å². The van der Waals surface area contributed by atoms with E-state index in [1.807, 2.05) is 68.1 Å². The van der Waals surface area contributed by atoms with E-state index in [0.717, 1.165) is 17.7 Å². The highest BCUT2D eigenvalue weighted by Crippen LogP contribution is 2.20. The Hall–Kier alpha value is -2.37. The van der Waals surface area contributed by atoms with E-state index in [1.165, 1.54) is 5.56 Å². The summed E-state index contributed by atoms with van der Waals surface area (Å²) in [5, 5.41) is 2.91. The second kappa shape index (κ2) is 12.4. The summed E-state index contributed by atoms with van der Waals surface area (Å²) in [6, 6.07) is 17.6. The molecule has 0 aromatic heterocycles. The lowest BCUT2D eigenvalue weighted by atomic mass is 9.92. The molecular weight excluding hydrogens is 398 g/mol. The molecule has 0 aliphatic heterocycles. The van der Waals surface area contributed by atoms with Gasteiger partial charge in [-0.05, 0) is 35.1 Å². The molecular formula is C24H34ClN3O2. The molecule has 0 saturated heterocycles. The van der Waals surface area contributed by atoms with E-state index in [9.17, 15) is 9.59 Å². The molecule has 6 heteroatoms. The zero-order chi connectivity index (χ0) is 21.3. The average Bonchev–Trinajstić information content (AvgIpc) is 2.66. The van der Waals surface area contributed by atoms with Gasteiger partial charge in [0.1, 0.15) is 0 Å². The Labute approximate surface area is 186 Å². The van der Waals surface area contributed by atoms with Crippen LogP contribution < -0.4 is 11.1 Å². The molecule has 30 heavy (non-hydrogen) atoms. The van der Waals surface area contributed by atoms with Crippen molar-refractivity contribution in [1.82, 2.24) is 4.90 Å². The van der Waals surface area contributed by atoms with Crippen LogP contribution in [-0.2, 0) is 22.4 Å². The highest BCUT2D eigenvalue weighted by atomic mass is 35.5. The van der Waals surface area contributed by atoms with Gasteiger partial charge in [0.05, 0.1) is 6.42 Å². The van der Waals surface area contributed by atoms with Crippen molar-refractivity contribution in [3.05, 3.63) is 65.7 Å². The molecule has 0 heterocycles. The first-order chi connectivity index (χ1) is 13.8. The van der Waals surface area contributed by atoms with Crippen LogP contribution in [0.2, 0.25) is 0 Å². The Bertz CT molecular complexity index is 786. The lowest BCUT2D eigenvalue weighted by molar-refractivity contribution is -0.130. The number of benzene rings is 2. The van der Waals surface area contributed by atoms with Crippen LogP contribution in [0.1, 0.15) is 38.3 Å². The lowest BCUT2D eigenvalue weighted by Crippen LogP contribution is -2.37. The molecule has 0 bridgehead atoms. The minimum atomic E-state index is -0.0529. The number of hydrogen-bond donors (Lipinski definition) is 2. The zero-order valence-corrected chi connectivity index (χ0v) is 19.0. The van der Waals surface area contributed by atoms with Crippen molar-refractivity contribution in [3.63, 3.8) is 0 Å². The number of carbonyl (C=O) groups excluding carboxylic acids is 2. The number of carbonyl (C=O) groups is 2. The molecule has 0 radical (unpaired) electrons. The molecule has 164 valence electrons. The molecule has 0 unspecified atom stereocenters. The molecule has 2 rings (SSSR count). The van der Waals surface area contributed by atoms with Crippen molar-refractivity contribution < 1.29 is 9.59 Å². The van der Waals surface area contributed by atoms with Crippen LogP contribution in [-0.4, -0.2) is 36.3 Å². The summed E-state index contributed by atoms with van der Waals surface area (Å²) in [5.41, 5.74) is 8.53. The molecule has 0 aliphatic rings. The number of halogens is 1. The Morgan fingerprint density at radius 2 is 1.57 bits per heavy atom. The van der Waals surface area contributed by atoms with E-state index in [1.54, 1.807) is 0 Å². The maximum atomic E-state index is 12.7. The Morgan fingerprint density at radius 1 is 0.933 bits per heavy atom. The average molecular weight is 432 g/mol. The van der Waals surface area contributed by atoms with Crippen molar-refractivity contribution in [2.75, 3.05) is 25.0 Å². The second-order valence-corrected chi connectivity index (χ2v) is 8.56. The van der Waals surface area contributed by atoms with Gasteiger partial charge in [-0.3, -0.25) is 9.59 Å². The van der Waals surface area contributed by atoms with Crippen LogP contribution in [0.4, 0.5) is 5.69 Å². The molecule has 5 nitrogen and oxygen atoms in total. The predicted octanol–water partition coefficient (Wildman–Crippen LogP) is 4.06. The quantitative estimate of drug-likeness (QED) is 0.628. The first-order valence-electron chi connectivity index (χ1n) is 10.2. The van der Waals surface area contributed by atoms with E-state index in [4.69, 9.17) is 5.73 Å². The molecule has 0 spiro atoms. The summed E-state index contributed by atoms with van der Waals surface area (Å²) in [4.78, 5) is 26.6. The number of nitrogens with two attached hydrogens (primary N) is 1. The van der Waals surface area contributed by atoms with E-state index < -0.39 is 0 Å². The Morgan fingerprint density at radius 3 is 2.13 bits per heavy atom.